The number of hydrogen-bond donors (Lipinski definition) is 1. The molecule has 0 spiro atoms. The van der Waals surface area contributed by atoms with Crippen LogP contribution in [-0.2, 0) is 10.2 Å². The first kappa shape index (κ1) is 16.7. The molecular formula is C19H22N2O2. The van der Waals surface area contributed by atoms with Crippen molar-refractivity contribution in [2.45, 2.75) is 19.3 Å². The summed E-state index contributed by atoms with van der Waals surface area (Å²) in [6, 6.07) is 13.5. The van der Waals surface area contributed by atoms with Gasteiger partial charge in [0, 0.05) is 24.2 Å². The Morgan fingerprint density at radius 3 is 2.57 bits per heavy atom. The van der Waals surface area contributed by atoms with E-state index in [1.165, 1.54) is 6.08 Å². The molecule has 4 heteroatoms. The van der Waals surface area contributed by atoms with Crippen molar-refractivity contribution in [1.82, 2.24) is 10.3 Å². The maximum absolute atomic E-state index is 11.9. The van der Waals surface area contributed by atoms with Crippen LogP contribution in [0.3, 0.4) is 0 Å². The number of benzene rings is 1. The second-order valence-corrected chi connectivity index (χ2v) is 5.92. The van der Waals surface area contributed by atoms with Crippen LogP contribution in [-0.4, -0.2) is 24.5 Å². The van der Waals surface area contributed by atoms with E-state index in [9.17, 15) is 4.79 Å². The fourth-order valence-electron chi connectivity index (χ4n) is 2.15. The number of pyridine rings is 1. The molecule has 0 aliphatic carbocycles. The molecule has 0 aliphatic rings. The lowest BCUT2D eigenvalue weighted by Crippen LogP contribution is -2.35. The van der Waals surface area contributed by atoms with E-state index in [0.29, 0.717) is 6.54 Å². The standard InChI is InChI=1S/C19H22N2O2/c1-19(2,15-7-10-17(23-3)11-8-15)14-21-18(22)12-9-16-6-4-5-13-20-16/h4-13H,14H2,1-3H3,(H,21,22). The number of amides is 1. The van der Waals surface area contributed by atoms with Gasteiger partial charge in [0.05, 0.1) is 12.8 Å². The van der Waals surface area contributed by atoms with Gasteiger partial charge in [0.1, 0.15) is 5.75 Å². The lowest BCUT2D eigenvalue weighted by molar-refractivity contribution is -0.116. The van der Waals surface area contributed by atoms with Crippen LogP contribution in [0.2, 0.25) is 0 Å². The molecule has 2 rings (SSSR count). The molecule has 0 aliphatic heterocycles. The van der Waals surface area contributed by atoms with Gasteiger partial charge >= 0.3 is 0 Å². The Morgan fingerprint density at radius 2 is 1.96 bits per heavy atom. The first-order chi connectivity index (χ1) is 11.0. The normalized spacial score (nSPS) is 11.4. The fourth-order valence-corrected chi connectivity index (χ4v) is 2.15. The molecule has 0 atom stereocenters. The number of aromatic nitrogens is 1. The summed E-state index contributed by atoms with van der Waals surface area (Å²) in [5, 5.41) is 2.94. The van der Waals surface area contributed by atoms with Crippen molar-refractivity contribution in [3.63, 3.8) is 0 Å². The predicted molar refractivity (Wildman–Crippen MR) is 92.3 cm³/mol. The van der Waals surface area contributed by atoms with Gasteiger partial charge in [-0.15, -0.1) is 0 Å². The zero-order valence-corrected chi connectivity index (χ0v) is 13.7. The first-order valence-electron chi connectivity index (χ1n) is 7.53. The second-order valence-electron chi connectivity index (χ2n) is 5.92. The van der Waals surface area contributed by atoms with Crippen molar-refractivity contribution in [3.8, 4) is 5.75 Å². The van der Waals surface area contributed by atoms with Gasteiger partial charge < -0.3 is 10.1 Å². The van der Waals surface area contributed by atoms with Crippen LogP contribution in [0, 0.1) is 0 Å². The summed E-state index contributed by atoms with van der Waals surface area (Å²) in [7, 11) is 1.65. The van der Waals surface area contributed by atoms with Crippen molar-refractivity contribution in [2.75, 3.05) is 13.7 Å². The molecule has 0 unspecified atom stereocenters. The molecule has 1 aromatic heterocycles. The lowest BCUT2D eigenvalue weighted by atomic mass is 9.84. The maximum atomic E-state index is 11.9. The quantitative estimate of drug-likeness (QED) is 0.834. The smallest absolute Gasteiger partial charge is 0.244 e. The topological polar surface area (TPSA) is 51.2 Å². The number of carbonyl (C=O) groups is 1. The maximum Gasteiger partial charge on any atom is 0.244 e. The zero-order valence-electron chi connectivity index (χ0n) is 13.7. The number of nitrogens with one attached hydrogen (secondary N) is 1. The number of ether oxygens (including phenoxy) is 1. The van der Waals surface area contributed by atoms with E-state index in [0.717, 1.165) is 17.0 Å². The Hall–Kier alpha value is -2.62. The van der Waals surface area contributed by atoms with Gasteiger partial charge in [-0.25, -0.2) is 0 Å². The number of hydrogen-bond acceptors (Lipinski definition) is 3. The van der Waals surface area contributed by atoms with E-state index in [-0.39, 0.29) is 11.3 Å². The van der Waals surface area contributed by atoms with Crippen molar-refractivity contribution < 1.29 is 9.53 Å². The van der Waals surface area contributed by atoms with Crippen LogP contribution in [0.5, 0.6) is 5.75 Å². The summed E-state index contributed by atoms with van der Waals surface area (Å²) < 4.78 is 5.17. The number of nitrogens with zero attached hydrogens (tertiary/aromatic N) is 1. The molecule has 1 N–H and O–H groups in total. The highest BCUT2D eigenvalue weighted by molar-refractivity contribution is 5.91. The zero-order chi connectivity index (χ0) is 16.7. The average Bonchev–Trinajstić information content (AvgIpc) is 2.59. The Bertz CT molecular complexity index is 662. The van der Waals surface area contributed by atoms with Crippen LogP contribution in [0.15, 0.2) is 54.7 Å². The highest BCUT2D eigenvalue weighted by Crippen LogP contribution is 2.24. The van der Waals surface area contributed by atoms with E-state index in [1.807, 2.05) is 42.5 Å². The van der Waals surface area contributed by atoms with Gasteiger partial charge in [0.15, 0.2) is 0 Å². The molecule has 23 heavy (non-hydrogen) atoms. The first-order valence-corrected chi connectivity index (χ1v) is 7.53. The highest BCUT2D eigenvalue weighted by Gasteiger charge is 2.21. The van der Waals surface area contributed by atoms with Gasteiger partial charge in [-0.05, 0) is 35.9 Å². The SMILES string of the molecule is COc1ccc(C(C)(C)CNC(=O)C=Cc2ccccn2)cc1. The summed E-state index contributed by atoms with van der Waals surface area (Å²) in [6.07, 6.45) is 4.91. The molecule has 1 amide bonds. The van der Waals surface area contributed by atoms with Gasteiger partial charge in [-0.3, -0.25) is 9.78 Å². The molecule has 2 aromatic rings. The Kier molecular flexibility index (Phi) is 5.52. The molecule has 120 valence electrons. The molecule has 0 saturated heterocycles. The minimum atomic E-state index is -0.166. The summed E-state index contributed by atoms with van der Waals surface area (Å²) in [5.74, 6) is 0.698. The fraction of sp³-hybridized carbons (Fsp3) is 0.263. The third-order valence-electron chi connectivity index (χ3n) is 3.67. The molecular weight excluding hydrogens is 288 g/mol. The van der Waals surface area contributed by atoms with Crippen molar-refractivity contribution in [3.05, 3.63) is 66.0 Å². The molecule has 0 bridgehead atoms. The van der Waals surface area contributed by atoms with Crippen LogP contribution in [0.4, 0.5) is 0 Å². The van der Waals surface area contributed by atoms with E-state index >= 15 is 0 Å². The third-order valence-corrected chi connectivity index (χ3v) is 3.67. The van der Waals surface area contributed by atoms with Gasteiger partial charge in [0.2, 0.25) is 5.91 Å². The van der Waals surface area contributed by atoms with Crippen LogP contribution < -0.4 is 10.1 Å². The molecule has 0 radical (unpaired) electrons. The molecule has 4 nitrogen and oxygen atoms in total. The average molecular weight is 310 g/mol. The largest absolute Gasteiger partial charge is 0.497 e. The Morgan fingerprint density at radius 1 is 1.22 bits per heavy atom. The number of rotatable bonds is 6. The van der Waals surface area contributed by atoms with E-state index in [4.69, 9.17) is 4.74 Å². The van der Waals surface area contributed by atoms with Gasteiger partial charge in [0.25, 0.3) is 0 Å². The van der Waals surface area contributed by atoms with Crippen LogP contribution in [0.1, 0.15) is 25.1 Å². The lowest BCUT2D eigenvalue weighted by Gasteiger charge is -2.25. The van der Waals surface area contributed by atoms with Gasteiger partial charge in [-0.1, -0.05) is 32.0 Å². The monoisotopic (exact) mass is 310 g/mol. The Labute approximate surface area is 137 Å². The summed E-state index contributed by atoms with van der Waals surface area (Å²) in [6.45, 7) is 4.74. The summed E-state index contributed by atoms with van der Waals surface area (Å²) in [4.78, 5) is 16.1. The van der Waals surface area contributed by atoms with Crippen LogP contribution >= 0.6 is 0 Å². The van der Waals surface area contributed by atoms with Crippen LogP contribution in [0.25, 0.3) is 6.08 Å². The molecule has 0 saturated carbocycles. The van der Waals surface area contributed by atoms with E-state index in [1.54, 1.807) is 19.4 Å². The molecule has 1 heterocycles. The number of methoxy groups -OCH3 is 1. The Balaban J connectivity index is 1.92. The summed E-state index contributed by atoms with van der Waals surface area (Å²) in [5.41, 5.74) is 1.74. The summed E-state index contributed by atoms with van der Waals surface area (Å²) >= 11 is 0. The van der Waals surface area contributed by atoms with Crippen molar-refractivity contribution >= 4 is 12.0 Å². The molecule has 0 fully saturated rings. The van der Waals surface area contributed by atoms with E-state index in [2.05, 4.69) is 24.1 Å². The van der Waals surface area contributed by atoms with Gasteiger partial charge in [-0.2, -0.15) is 0 Å². The predicted octanol–water partition coefficient (Wildman–Crippen LogP) is 3.20. The number of carbonyl (C=O) groups excluding carboxylic acids is 1. The van der Waals surface area contributed by atoms with Crippen molar-refractivity contribution in [2.24, 2.45) is 0 Å². The highest BCUT2D eigenvalue weighted by atomic mass is 16.5. The molecule has 1 aromatic carbocycles. The van der Waals surface area contributed by atoms with E-state index < -0.39 is 0 Å². The van der Waals surface area contributed by atoms with Crippen molar-refractivity contribution in [1.29, 1.82) is 0 Å². The minimum Gasteiger partial charge on any atom is -0.497 e. The minimum absolute atomic E-state index is 0.128. The third kappa shape index (κ3) is 4.95. The second kappa shape index (κ2) is 7.58.